The Kier molecular flexibility index (Phi) is 4.81. The molecule has 0 aliphatic carbocycles. The van der Waals surface area contributed by atoms with Gasteiger partial charge >= 0.3 is 0 Å². The topological polar surface area (TPSA) is 62.8 Å². The molecule has 1 atom stereocenters. The van der Waals surface area contributed by atoms with E-state index >= 15 is 0 Å². The summed E-state index contributed by atoms with van der Waals surface area (Å²) >= 11 is 5.18. The van der Waals surface area contributed by atoms with E-state index in [1.807, 2.05) is 0 Å². The zero-order valence-corrected chi connectivity index (χ0v) is 11.6. The number of rotatable bonds is 4. The molecule has 6 heteroatoms. The Morgan fingerprint density at radius 2 is 2.42 bits per heavy atom. The second-order valence-electron chi connectivity index (χ2n) is 4.36. The first-order chi connectivity index (χ1) is 9.19. The standard InChI is InChI=1S/C13H18N2O3S/c1-17-12-5-4-9(7-11(12)16)15-13(19)14-8-10-3-2-6-18-10/h4-5,7,10,16H,2-3,6,8H2,1H3,(H2,14,15,19)/t10-/m1/s1. The van der Waals surface area contributed by atoms with E-state index in [0.29, 0.717) is 23.1 Å². The van der Waals surface area contributed by atoms with E-state index in [4.69, 9.17) is 21.7 Å². The van der Waals surface area contributed by atoms with Crippen molar-refractivity contribution in [2.45, 2.75) is 18.9 Å². The molecule has 1 aliphatic rings. The zero-order valence-electron chi connectivity index (χ0n) is 10.8. The second-order valence-corrected chi connectivity index (χ2v) is 4.76. The summed E-state index contributed by atoms with van der Waals surface area (Å²) < 4.78 is 10.5. The van der Waals surface area contributed by atoms with Crippen LogP contribution in [0.2, 0.25) is 0 Å². The molecule has 1 fully saturated rings. The normalized spacial score (nSPS) is 18.1. The van der Waals surface area contributed by atoms with E-state index in [-0.39, 0.29) is 11.9 Å². The van der Waals surface area contributed by atoms with Gasteiger partial charge in [0.1, 0.15) is 0 Å². The van der Waals surface area contributed by atoms with Crippen LogP contribution in [-0.2, 0) is 4.74 Å². The van der Waals surface area contributed by atoms with Crippen molar-refractivity contribution < 1.29 is 14.6 Å². The van der Waals surface area contributed by atoms with Crippen molar-refractivity contribution in [1.29, 1.82) is 0 Å². The van der Waals surface area contributed by atoms with Gasteiger partial charge in [-0.2, -0.15) is 0 Å². The molecule has 0 spiro atoms. The predicted octanol–water partition coefficient (Wildman–Crippen LogP) is 1.87. The first kappa shape index (κ1) is 13.9. The summed E-state index contributed by atoms with van der Waals surface area (Å²) in [6, 6.07) is 5.04. The number of phenols is 1. The minimum Gasteiger partial charge on any atom is -0.504 e. The van der Waals surface area contributed by atoms with Gasteiger partial charge in [-0.05, 0) is 37.2 Å². The van der Waals surface area contributed by atoms with Gasteiger partial charge in [0.25, 0.3) is 0 Å². The van der Waals surface area contributed by atoms with Crippen LogP contribution in [0.15, 0.2) is 18.2 Å². The molecule has 1 heterocycles. The molecule has 3 N–H and O–H groups in total. The van der Waals surface area contributed by atoms with Gasteiger partial charge in [-0.25, -0.2) is 0 Å². The summed E-state index contributed by atoms with van der Waals surface area (Å²) in [5.41, 5.74) is 0.711. The van der Waals surface area contributed by atoms with Gasteiger partial charge in [0.2, 0.25) is 0 Å². The number of benzene rings is 1. The van der Waals surface area contributed by atoms with Crippen LogP contribution in [0, 0.1) is 0 Å². The summed E-state index contributed by atoms with van der Waals surface area (Å²) in [5, 5.41) is 16.3. The molecule has 1 aliphatic heterocycles. The lowest BCUT2D eigenvalue weighted by Gasteiger charge is -2.14. The first-order valence-electron chi connectivity index (χ1n) is 6.22. The molecule has 5 nitrogen and oxygen atoms in total. The molecule has 1 aromatic rings. The number of aromatic hydroxyl groups is 1. The van der Waals surface area contributed by atoms with Gasteiger partial charge in [-0.3, -0.25) is 0 Å². The summed E-state index contributed by atoms with van der Waals surface area (Å²) in [4.78, 5) is 0. The lowest BCUT2D eigenvalue weighted by Crippen LogP contribution is -2.34. The molecule has 0 saturated carbocycles. The maximum absolute atomic E-state index is 9.66. The van der Waals surface area contributed by atoms with Crippen LogP contribution >= 0.6 is 12.2 Å². The summed E-state index contributed by atoms with van der Waals surface area (Å²) in [7, 11) is 1.51. The molecule has 19 heavy (non-hydrogen) atoms. The Hall–Kier alpha value is -1.53. The molecule has 0 radical (unpaired) electrons. The van der Waals surface area contributed by atoms with Crippen molar-refractivity contribution in [3.8, 4) is 11.5 Å². The highest BCUT2D eigenvalue weighted by molar-refractivity contribution is 7.80. The molecule has 0 bridgehead atoms. The lowest BCUT2D eigenvalue weighted by atomic mass is 10.2. The zero-order chi connectivity index (χ0) is 13.7. The largest absolute Gasteiger partial charge is 0.504 e. The van der Waals surface area contributed by atoms with Gasteiger partial charge in [-0.15, -0.1) is 0 Å². The Morgan fingerprint density at radius 1 is 1.58 bits per heavy atom. The van der Waals surface area contributed by atoms with Gasteiger partial charge < -0.3 is 25.2 Å². The SMILES string of the molecule is COc1ccc(NC(=S)NC[C@H]2CCCO2)cc1O. The third kappa shape index (κ3) is 3.97. The third-order valence-corrected chi connectivity index (χ3v) is 3.20. The fraction of sp³-hybridized carbons (Fsp3) is 0.462. The monoisotopic (exact) mass is 282 g/mol. The Labute approximate surface area is 117 Å². The van der Waals surface area contributed by atoms with E-state index in [0.717, 1.165) is 19.4 Å². The highest BCUT2D eigenvalue weighted by Crippen LogP contribution is 2.28. The quantitative estimate of drug-likeness (QED) is 0.733. The number of hydrogen-bond donors (Lipinski definition) is 3. The maximum atomic E-state index is 9.66. The average molecular weight is 282 g/mol. The number of hydrogen-bond acceptors (Lipinski definition) is 4. The van der Waals surface area contributed by atoms with Crippen molar-refractivity contribution >= 4 is 23.0 Å². The minimum atomic E-state index is 0.0782. The molecule has 2 rings (SSSR count). The number of thiocarbonyl (C=S) groups is 1. The predicted molar refractivity (Wildman–Crippen MR) is 77.9 cm³/mol. The smallest absolute Gasteiger partial charge is 0.170 e. The van der Waals surface area contributed by atoms with E-state index in [1.54, 1.807) is 18.2 Å². The molecule has 0 unspecified atom stereocenters. The van der Waals surface area contributed by atoms with Crippen LogP contribution in [0.1, 0.15) is 12.8 Å². The van der Waals surface area contributed by atoms with E-state index in [1.165, 1.54) is 7.11 Å². The van der Waals surface area contributed by atoms with E-state index < -0.39 is 0 Å². The number of methoxy groups -OCH3 is 1. The van der Waals surface area contributed by atoms with Crippen molar-refractivity contribution in [1.82, 2.24) is 5.32 Å². The van der Waals surface area contributed by atoms with E-state index in [2.05, 4.69) is 10.6 Å². The van der Waals surface area contributed by atoms with Crippen LogP contribution in [0.5, 0.6) is 11.5 Å². The summed E-state index contributed by atoms with van der Waals surface area (Å²) in [5.74, 6) is 0.512. The lowest BCUT2D eigenvalue weighted by molar-refractivity contribution is 0.114. The third-order valence-electron chi connectivity index (χ3n) is 2.95. The highest BCUT2D eigenvalue weighted by atomic mass is 32.1. The number of anilines is 1. The van der Waals surface area contributed by atoms with Crippen LogP contribution in [0.25, 0.3) is 0 Å². The number of phenolic OH excluding ortho intramolecular Hbond substituents is 1. The van der Waals surface area contributed by atoms with E-state index in [9.17, 15) is 5.11 Å². The summed E-state index contributed by atoms with van der Waals surface area (Å²) in [6.07, 6.45) is 2.42. The fourth-order valence-corrected chi connectivity index (χ4v) is 2.16. The maximum Gasteiger partial charge on any atom is 0.170 e. The van der Waals surface area contributed by atoms with Crippen LogP contribution in [0.3, 0.4) is 0 Å². The first-order valence-corrected chi connectivity index (χ1v) is 6.63. The molecule has 1 aromatic carbocycles. The molecular formula is C13H18N2O3S. The molecule has 0 amide bonds. The van der Waals surface area contributed by atoms with Gasteiger partial charge in [0.15, 0.2) is 16.6 Å². The molecule has 104 valence electrons. The van der Waals surface area contributed by atoms with Crippen molar-refractivity contribution in [2.24, 2.45) is 0 Å². The Bertz CT molecular complexity index is 448. The fourth-order valence-electron chi connectivity index (χ4n) is 1.95. The van der Waals surface area contributed by atoms with Gasteiger partial charge in [0, 0.05) is 24.9 Å². The molecule has 1 saturated heterocycles. The second kappa shape index (κ2) is 6.58. The Balaban J connectivity index is 1.82. The molecule has 0 aromatic heterocycles. The number of nitrogens with one attached hydrogen (secondary N) is 2. The molecular weight excluding hydrogens is 264 g/mol. The van der Waals surface area contributed by atoms with Crippen molar-refractivity contribution in [2.75, 3.05) is 25.6 Å². The highest BCUT2D eigenvalue weighted by Gasteiger charge is 2.15. The Morgan fingerprint density at radius 3 is 3.05 bits per heavy atom. The van der Waals surface area contributed by atoms with Crippen LogP contribution < -0.4 is 15.4 Å². The minimum absolute atomic E-state index is 0.0782. The van der Waals surface area contributed by atoms with Gasteiger partial charge in [0.05, 0.1) is 13.2 Å². The van der Waals surface area contributed by atoms with Crippen molar-refractivity contribution in [3.63, 3.8) is 0 Å². The van der Waals surface area contributed by atoms with Crippen molar-refractivity contribution in [3.05, 3.63) is 18.2 Å². The number of ether oxygens (including phenoxy) is 2. The van der Waals surface area contributed by atoms with Crippen LogP contribution in [-0.4, -0.2) is 36.6 Å². The summed E-state index contributed by atoms with van der Waals surface area (Å²) in [6.45, 7) is 1.53. The van der Waals surface area contributed by atoms with Gasteiger partial charge in [-0.1, -0.05) is 0 Å². The van der Waals surface area contributed by atoms with Crippen LogP contribution in [0.4, 0.5) is 5.69 Å². The average Bonchev–Trinajstić information content (AvgIpc) is 2.90.